The number of carbonyl (C=O) groups excluding carboxylic acids is 5. The first kappa shape index (κ1) is 70.6. The van der Waals surface area contributed by atoms with Crippen molar-refractivity contribution in [3.8, 4) is 21.6 Å². The summed E-state index contributed by atoms with van der Waals surface area (Å²) in [6.45, 7) is 23.7. The summed E-state index contributed by atoms with van der Waals surface area (Å²) in [7, 11) is -4.60. The smallest absolute Gasteiger partial charge is 0.284 e. The third-order valence-electron chi connectivity index (χ3n) is 21.6. The van der Waals surface area contributed by atoms with Gasteiger partial charge in [-0.25, -0.2) is 28.1 Å². The number of pyridine rings is 1. The standard InChI is InChI=1S/C75H88N14O10S3/c1-44-30-58(83-84-65(44)82-70-80-56-12-10-11-13-60(56)101-70)62(91)57-23-22-54(55-32-77-89(47(55)4)42-74-37-72(8)36-73(9,38-74)40-75(39-72,41-74)99-29-26-86-24-27-98-28-25-86)61(79-57)68(94)85-102(96,97)53-20-18-51(19-21-53)87-33-50(34-87)66(92)81-64(71(5,6)7)69(95)88-35-52(90)31-59(88)67(93)78-45(2)48-14-16-49(17-15-48)63-46(3)76-43-100-63/h10-23,30,32,43,45,50,52,59,64,90H,24-29,31,33-42H2,1-9H3,(H,78,93)(H,81,92)(H,85,94)(H,80,82,84)/t45-,52-,59+,64-,72?,73?,74?,75?/m1/s1. The Morgan fingerprint density at radius 2 is 1.54 bits per heavy atom. The average Bonchev–Trinajstić information content (AvgIpc) is 0.822. The number of aromatic nitrogens is 7. The van der Waals surface area contributed by atoms with Crippen molar-refractivity contribution >= 4 is 89.0 Å². The molecule has 4 aliphatic carbocycles. The van der Waals surface area contributed by atoms with E-state index in [0.29, 0.717) is 40.9 Å². The first-order chi connectivity index (χ1) is 48.5. The normalized spacial score (nSPS) is 24.2. The summed E-state index contributed by atoms with van der Waals surface area (Å²) in [6, 6.07) is 23.8. The first-order valence-electron chi connectivity index (χ1n) is 35.0. The van der Waals surface area contributed by atoms with Crippen LogP contribution in [0.4, 0.5) is 16.6 Å². The van der Waals surface area contributed by atoms with Gasteiger partial charge in [-0.15, -0.1) is 21.5 Å². The highest BCUT2D eigenvalue weighted by atomic mass is 32.2. The predicted octanol–water partition coefficient (Wildman–Crippen LogP) is 9.76. The Morgan fingerprint density at radius 3 is 2.23 bits per heavy atom. The largest absolute Gasteiger partial charge is 0.391 e. The number of nitrogens with one attached hydrogen (secondary N) is 4. The Balaban J connectivity index is 0.660. The van der Waals surface area contributed by atoms with Crippen molar-refractivity contribution in [1.29, 1.82) is 0 Å². The number of likely N-dealkylation sites (tertiary alicyclic amines) is 1. The van der Waals surface area contributed by atoms with Gasteiger partial charge < -0.3 is 40.3 Å². The minimum Gasteiger partial charge on any atom is -0.391 e. The maximum atomic E-state index is 14.9. The molecule has 4 saturated carbocycles. The number of rotatable bonds is 22. The van der Waals surface area contributed by atoms with Gasteiger partial charge in [-0.1, -0.05) is 82.4 Å². The highest BCUT2D eigenvalue weighted by molar-refractivity contribution is 7.90. The fourth-order valence-electron chi connectivity index (χ4n) is 17.6. The Hall–Kier alpha value is -8.44. The Labute approximate surface area is 601 Å². The molecule has 4 bridgehead atoms. The van der Waals surface area contributed by atoms with E-state index in [2.05, 4.69) is 64.6 Å². The zero-order valence-corrected chi connectivity index (χ0v) is 61.5. The van der Waals surface area contributed by atoms with Crippen LogP contribution >= 0.6 is 22.7 Å². The van der Waals surface area contributed by atoms with Gasteiger partial charge in [0.1, 0.15) is 29.2 Å². The second-order valence-corrected chi connectivity index (χ2v) is 34.7. The number of fused-ring (bicyclic) bond motifs is 1. The number of anilines is 3. The number of aliphatic hydroxyl groups is 1. The van der Waals surface area contributed by atoms with Gasteiger partial charge in [-0.05, 0) is 159 Å². The number of morpholine rings is 1. The molecule has 536 valence electrons. The molecule has 3 saturated heterocycles. The number of para-hydroxylation sites is 1. The molecule has 7 fully saturated rings. The number of aryl methyl sites for hydroxylation is 2. The predicted molar refractivity (Wildman–Crippen MR) is 389 cm³/mol. The van der Waals surface area contributed by atoms with Crippen molar-refractivity contribution < 1.29 is 47.0 Å². The summed E-state index contributed by atoms with van der Waals surface area (Å²) in [6.07, 6.45) is 6.88. The van der Waals surface area contributed by atoms with Crippen LogP contribution in [0.1, 0.15) is 142 Å². The highest BCUT2D eigenvalue weighted by Gasteiger charge is 2.66. The van der Waals surface area contributed by atoms with Crippen molar-refractivity contribution in [2.24, 2.45) is 27.6 Å². The number of benzene rings is 3. The first-order valence-corrected chi connectivity index (χ1v) is 38.2. The molecule has 8 aromatic rings. The summed E-state index contributed by atoms with van der Waals surface area (Å²) in [5, 5.41) is 34.4. The van der Waals surface area contributed by atoms with Crippen molar-refractivity contribution in [2.75, 3.05) is 69.3 Å². The number of amides is 4. The zero-order valence-electron chi connectivity index (χ0n) is 59.0. The van der Waals surface area contributed by atoms with Crippen molar-refractivity contribution in [2.45, 2.75) is 149 Å². The fraction of sp³-hybridized carbons (Fsp3) is 0.480. The second kappa shape index (κ2) is 27.3. The maximum Gasteiger partial charge on any atom is 0.284 e. The van der Waals surface area contributed by atoms with Crippen LogP contribution in [0, 0.1) is 48.3 Å². The van der Waals surface area contributed by atoms with Crippen LogP contribution in [0.5, 0.6) is 0 Å². The number of hydrogen-bond donors (Lipinski definition) is 5. The molecule has 102 heavy (non-hydrogen) atoms. The lowest BCUT2D eigenvalue weighted by atomic mass is 9.39. The molecule has 5 aromatic heterocycles. The van der Waals surface area contributed by atoms with Gasteiger partial charge >= 0.3 is 0 Å². The lowest BCUT2D eigenvalue weighted by Gasteiger charge is -2.69. The Kier molecular flexibility index (Phi) is 18.9. The van der Waals surface area contributed by atoms with Gasteiger partial charge in [-0.2, -0.15) is 5.10 Å². The molecule has 3 aliphatic heterocycles. The molecule has 4 amide bonds. The van der Waals surface area contributed by atoms with E-state index in [1.807, 2.05) is 99.7 Å². The van der Waals surface area contributed by atoms with E-state index >= 15 is 0 Å². The lowest BCUT2D eigenvalue weighted by molar-refractivity contribution is -0.249. The number of hydrogen-bond acceptors (Lipinski definition) is 21. The number of aliphatic hydroxyl groups excluding tert-OH is 1. The number of carbonyl (C=O) groups is 5. The molecule has 27 heteroatoms. The molecule has 5 N–H and O–H groups in total. The number of ketones is 1. The summed E-state index contributed by atoms with van der Waals surface area (Å²) >= 11 is 3.01. The molecule has 24 nitrogen and oxygen atoms in total. The second-order valence-electron chi connectivity index (χ2n) is 31.1. The van der Waals surface area contributed by atoms with Gasteiger partial charge in [0.05, 0.1) is 80.9 Å². The number of thiazole rings is 2. The molecule has 2 unspecified atom stereocenters. The molecule has 15 rings (SSSR count). The van der Waals surface area contributed by atoms with Gasteiger partial charge in [0.2, 0.25) is 23.5 Å². The number of ether oxygens (including phenoxy) is 2. The third kappa shape index (κ3) is 14.4. The fourth-order valence-corrected chi connectivity index (χ4v) is 20.2. The summed E-state index contributed by atoms with van der Waals surface area (Å²) < 4.78 is 46.8. The minimum absolute atomic E-state index is 0.0396. The summed E-state index contributed by atoms with van der Waals surface area (Å²) in [4.78, 5) is 92.2. The van der Waals surface area contributed by atoms with Crippen molar-refractivity contribution in [3.63, 3.8) is 0 Å². The van der Waals surface area contributed by atoms with Crippen LogP contribution in [0.3, 0.4) is 0 Å². The Morgan fingerprint density at radius 1 is 0.814 bits per heavy atom. The van der Waals surface area contributed by atoms with Crippen molar-refractivity contribution in [3.05, 3.63) is 142 Å². The maximum absolute atomic E-state index is 14.9. The van der Waals surface area contributed by atoms with Crippen LogP contribution < -0.4 is 25.6 Å². The van der Waals surface area contributed by atoms with Gasteiger partial charge in [0.15, 0.2) is 10.9 Å². The van der Waals surface area contributed by atoms with E-state index in [1.54, 1.807) is 54.2 Å². The molecule has 6 atom stereocenters. The van der Waals surface area contributed by atoms with Gasteiger partial charge in [-0.3, -0.25) is 33.6 Å². The SMILES string of the molecule is Cc1cc(C(=O)c2ccc(-c3cnn(CC45CC6(C)CC(C)(C4)CC(OCCN4CCOCC4)(C6)C5)c3C)c(C(=O)NS(=O)(=O)c3ccc(N4CC(C(=O)N[C@H](C(=O)N5C[C@H](O)C[C@H]5C(=O)N[C@H](C)c5ccc(-c6scnc6C)cc5)C(C)(C)C)C4)cc3)n2)nnc1Nc1nc2ccccc2s1. The quantitative estimate of drug-likeness (QED) is 0.0394. The Bertz CT molecular complexity index is 4620. The number of sulfonamides is 1. The van der Waals surface area contributed by atoms with E-state index in [4.69, 9.17) is 14.6 Å². The molecule has 7 aliphatic rings. The molecular formula is C75H88N14O10S3. The molecule has 0 spiro atoms. The summed E-state index contributed by atoms with van der Waals surface area (Å²) in [5.41, 5.74) is 6.65. The molecule has 8 heterocycles. The number of β-amino-alcohol motifs (C(OH)–C–C–N with tert-alkyl or cyclic N) is 1. The highest BCUT2D eigenvalue weighted by Crippen LogP contribution is 2.72. The summed E-state index contributed by atoms with van der Waals surface area (Å²) in [5.74, 6) is -3.14. The van der Waals surface area contributed by atoms with Gasteiger partial charge in [0.25, 0.3) is 15.9 Å². The van der Waals surface area contributed by atoms with Crippen LogP contribution in [0.2, 0.25) is 0 Å². The average molecular weight is 1440 g/mol. The lowest BCUT2D eigenvalue weighted by Crippen LogP contribution is -2.64. The molecule has 0 radical (unpaired) electrons. The van der Waals surface area contributed by atoms with Crippen LogP contribution in [0.25, 0.3) is 31.8 Å². The van der Waals surface area contributed by atoms with E-state index < -0.39 is 69.1 Å². The molecular weight excluding hydrogens is 1350 g/mol. The van der Waals surface area contributed by atoms with Crippen LogP contribution in [-0.2, 0) is 40.4 Å². The van der Waals surface area contributed by atoms with E-state index in [1.165, 1.54) is 34.4 Å². The monoisotopic (exact) mass is 1440 g/mol. The minimum atomic E-state index is -4.60. The van der Waals surface area contributed by atoms with E-state index in [9.17, 15) is 37.5 Å². The van der Waals surface area contributed by atoms with Crippen molar-refractivity contribution in [1.82, 2.24) is 60.1 Å². The van der Waals surface area contributed by atoms with Crippen LogP contribution in [0.15, 0.2) is 108 Å². The zero-order chi connectivity index (χ0) is 71.8. The third-order valence-corrected chi connectivity index (χ3v) is 24.8. The molecule has 3 aromatic carbocycles. The van der Waals surface area contributed by atoms with Gasteiger partial charge in [0, 0.05) is 74.7 Å². The topological polar surface area (TPSA) is 298 Å². The van der Waals surface area contributed by atoms with E-state index in [-0.39, 0.29) is 81.3 Å². The van der Waals surface area contributed by atoms with Crippen LogP contribution in [-0.4, -0.2) is 171 Å². The van der Waals surface area contributed by atoms with E-state index in [0.717, 1.165) is 109 Å². The number of nitrogens with zero attached hydrogens (tertiary/aromatic N) is 10.